The van der Waals surface area contributed by atoms with Crippen LogP contribution in [0.1, 0.15) is 33.3 Å². The lowest BCUT2D eigenvalue weighted by Gasteiger charge is -2.29. The summed E-state index contributed by atoms with van der Waals surface area (Å²) in [5, 5.41) is 6.13. The summed E-state index contributed by atoms with van der Waals surface area (Å²) >= 11 is 0. The fourth-order valence-electron chi connectivity index (χ4n) is 3.38. The van der Waals surface area contributed by atoms with Crippen molar-refractivity contribution in [2.45, 2.75) is 40.2 Å². The quantitative estimate of drug-likeness (QED) is 0.477. The van der Waals surface area contributed by atoms with E-state index in [1.54, 1.807) is 0 Å². The van der Waals surface area contributed by atoms with Crippen LogP contribution >= 0.6 is 0 Å². The molecule has 0 spiro atoms. The lowest BCUT2D eigenvalue weighted by atomic mass is 10.1. The third kappa shape index (κ3) is 6.96. The number of aryl methyl sites for hydroxylation is 1. The number of rotatable bonds is 8. The van der Waals surface area contributed by atoms with E-state index in [-0.39, 0.29) is 17.9 Å². The van der Waals surface area contributed by atoms with Gasteiger partial charge in [0.15, 0.2) is 13.1 Å². The molecular weight excluding hydrogens is 340 g/mol. The maximum atomic E-state index is 12.4. The predicted molar refractivity (Wildman–Crippen MR) is 108 cm³/mol. The van der Waals surface area contributed by atoms with Gasteiger partial charge in [0.2, 0.25) is 0 Å². The minimum Gasteiger partial charge on any atom is -0.348 e. The van der Waals surface area contributed by atoms with Crippen molar-refractivity contribution in [1.29, 1.82) is 0 Å². The average molecular weight is 377 g/mol. The largest absolute Gasteiger partial charge is 0.348 e. The number of benzene rings is 1. The molecule has 27 heavy (non-hydrogen) atoms. The predicted octanol–water partition coefficient (Wildman–Crippen LogP) is -0.868. The Kier molecular flexibility index (Phi) is 8.25. The van der Waals surface area contributed by atoms with Crippen LogP contribution in [-0.2, 0) is 16.0 Å². The number of nitrogens with one attached hydrogen (secondary N) is 4. The minimum absolute atomic E-state index is 0.0675. The highest BCUT2D eigenvalue weighted by Gasteiger charge is 2.27. The summed E-state index contributed by atoms with van der Waals surface area (Å²) in [6.45, 7) is 13.1. The van der Waals surface area contributed by atoms with Crippen LogP contribution in [0.25, 0.3) is 0 Å². The van der Waals surface area contributed by atoms with Gasteiger partial charge in [-0.1, -0.05) is 39.0 Å². The monoisotopic (exact) mass is 376 g/mol. The van der Waals surface area contributed by atoms with E-state index in [9.17, 15) is 9.59 Å². The van der Waals surface area contributed by atoms with Gasteiger partial charge in [-0.25, -0.2) is 0 Å². The lowest BCUT2D eigenvalue weighted by Crippen LogP contribution is -3.28. The molecule has 0 aromatic heterocycles. The van der Waals surface area contributed by atoms with Crippen molar-refractivity contribution in [3.8, 4) is 0 Å². The zero-order chi connectivity index (χ0) is 19.8. The fraction of sp³-hybridized carbons (Fsp3) is 0.619. The van der Waals surface area contributed by atoms with E-state index in [2.05, 4.69) is 44.4 Å². The topological polar surface area (TPSA) is 67.1 Å². The molecule has 6 nitrogen and oxygen atoms in total. The Morgan fingerprint density at radius 3 is 2.07 bits per heavy atom. The number of carbonyl (C=O) groups excluding carboxylic acids is 2. The van der Waals surface area contributed by atoms with Gasteiger partial charge in [-0.3, -0.25) is 9.59 Å². The molecule has 1 saturated heterocycles. The number of amides is 2. The number of carbonyl (C=O) groups is 2. The van der Waals surface area contributed by atoms with Gasteiger partial charge < -0.3 is 20.4 Å². The van der Waals surface area contributed by atoms with Gasteiger partial charge in [-0.15, -0.1) is 0 Å². The van der Waals surface area contributed by atoms with Crippen LogP contribution in [0.2, 0.25) is 0 Å². The van der Waals surface area contributed by atoms with Crippen molar-refractivity contribution < 1.29 is 19.4 Å². The standard InChI is InChI=1S/C21H34N4O2/c1-5-18-8-6-7-9-19(18)23-21(27)15-25-12-10-24(11-13-25)14-20(26)22-17(4)16(2)3/h6-9,16-17H,5,10-15H2,1-4H3,(H,22,26)(H,23,27)/p+2/t17-/m0/s1. The zero-order valence-electron chi connectivity index (χ0n) is 17.2. The van der Waals surface area contributed by atoms with Crippen molar-refractivity contribution in [3.05, 3.63) is 29.8 Å². The van der Waals surface area contributed by atoms with E-state index >= 15 is 0 Å². The summed E-state index contributed by atoms with van der Waals surface area (Å²) in [6, 6.07) is 8.17. The molecule has 1 aromatic carbocycles. The number of piperazine rings is 1. The first kappa shape index (κ1) is 21.4. The van der Waals surface area contributed by atoms with Crippen LogP contribution in [0.15, 0.2) is 24.3 Å². The Morgan fingerprint density at radius 1 is 0.963 bits per heavy atom. The molecule has 1 aliphatic rings. The molecule has 1 atom stereocenters. The average Bonchev–Trinajstić information content (AvgIpc) is 2.63. The molecule has 1 aromatic rings. The number of anilines is 1. The summed E-state index contributed by atoms with van der Waals surface area (Å²) in [4.78, 5) is 27.1. The molecule has 4 N–H and O–H groups in total. The highest BCUT2D eigenvalue weighted by atomic mass is 16.2. The second-order valence-electron chi connectivity index (χ2n) is 8.01. The molecule has 150 valence electrons. The lowest BCUT2D eigenvalue weighted by molar-refractivity contribution is -1.00. The van der Waals surface area contributed by atoms with Crippen LogP contribution in [0.5, 0.6) is 0 Å². The van der Waals surface area contributed by atoms with Gasteiger partial charge in [0, 0.05) is 11.7 Å². The number of quaternary nitrogens is 2. The Hall–Kier alpha value is -1.92. The van der Waals surface area contributed by atoms with Gasteiger partial charge in [0.1, 0.15) is 26.2 Å². The molecule has 0 aliphatic carbocycles. The number of hydrogen-bond donors (Lipinski definition) is 4. The van der Waals surface area contributed by atoms with E-state index in [4.69, 9.17) is 0 Å². The first-order valence-corrected chi connectivity index (χ1v) is 10.2. The van der Waals surface area contributed by atoms with Crippen molar-refractivity contribution >= 4 is 17.5 Å². The van der Waals surface area contributed by atoms with Crippen LogP contribution in [-0.4, -0.2) is 57.1 Å². The molecule has 6 heteroatoms. The summed E-state index contributed by atoms with van der Waals surface area (Å²) in [6.07, 6.45) is 0.906. The van der Waals surface area contributed by atoms with E-state index < -0.39 is 0 Å². The van der Waals surface area contributed by atoms with E-state index in [1.165, 1.54) is 9.80 Å². The van der Waals surface area contributed by atoms with Crippen molar-refractivity contribution in [1.82, 2.24) is 5.32 Å². The zero-order valence-corrected chi connectivity index (χ0v) is 17.2. The second-order valence-corrected chi connectivity index (χ2v) is 8.01. The number of para-hydroxylation sites is 1. The molecular formula is C21H36N4O2+2. The van der Waals surface area contributed by atoms with Gasteiger partial charge >= 0.3 is 0 Å². The summed E-state index contributed by atoms with van der Waals surface area (Å²) in [5.41, 5.74) is 2.08. The number of hydrogen-bond acceptors (Lipinski definition) is 2. The SMILES string of the molecule is CCc1ccccc1NC(=O)C[NH+]1CC[NH+](CC(=O)N[C@@H](C)C(C)C)CC1. The van der Waals surface area contributed by atoms with E-state index in [0.717, 1.165) is 43.9 Å². The fourth-order valence-corrected chi connectivity index (χ4v) is 3.38. The Balaban J connectivity index is 1.72. The maximum Gasteiger partial charge on any atom is 0.279 e. The van der Waals surface area contributed by atoms with E-state index in [1.807, 2.05) is 18.2 Å². The molecule has 1 fully saturated rings. The molecule has 1 heterocycles. The van der Waals surface area contributed by atoms with Crippen LogP contribution in [0.4, 0.5) is 5.69 Å². The van der Waals surface area contributed by atoms with Gasteiger partial charge in [-0.2, -0.15) is 0 Å². The highest BCUT2D eigenvalue weighted by molar-refractivity contribution is 5.92. The second kappa shape index (κ2) is 10.4. The minimum atomic E-state index is 0.0675. The highest BCUT2D eigenvalue weighted by Crippen LogP contribution is 2.14. The summed E-state index contributed by atoms with van der Waals surface area (Å²) < 4.78 is 0. The first-order valence-electron chi connectivity index (χ1n) is 10.2. The summed E-state index contributed by atoms with van der Waals surface area (Å²) in [7, 11) is 0. The Bertz CT molecular complexity index is 624. The smallest absolute Gasteiger partial charge is 0.279 e. The van der Waals surface area contributed by atoms with Gasteiger partial charge in [0.05, 0.1) is 0 Å². The molecule has 2 amide bonds. The molecule has 1 aliphatic heterocycles. The maximum absolute atomic E-state index is 12.4. The van der Waals surface area contributed by atoms with Gasteiger partial charge in [-0.05, 0) is 30.9 Å². The Labute approximate surface area is 163 Å². The van der Waals surface area contributed by atoms with Gasteiger partial charge in [0.25, 0.3) is 11.8 Å². The van der Waals surface area contributed by atoms with Crippen LogP contribution < -0.4 is 20.4 Å². The molecule has 0 bridgehead atoms. The summed E-state index contributed by atoms with van der Waals surface area (Å²) in [5.74, 6) is 0.642. The van der Waals surface area contributed by atoms with Crippen LogP contribution in [0, 0.1) is 5.92 Å². The normalized spacial score (nSPS) is 20.9. The third-order valence-electron chi connectivity index (χ3n) is 5.55. The van der Waals surface area contributed by atoms with Crippen molar-refractivity contribution in [3.63, 3.8) is 0 Å². The third-order valence-corrected chi connectivity index (χ3v) is 5.55. The van der Waals surface area contributed by atoms with Crippen LogP contribution in [0.3, 0.4) is 0 Å². The first-order chi connectivity index (χ1) is 12.9. The molecule has 0 saturated carbocycles. The van der Waals surface area contributed by atoms with Crippen molar-refractivity contribution in [2.24, 2.45) is 5.92 Å². The van der Waals surface area contributed by atoms with Crippen molar-refractivity contribution in [2.75, 3.05) is 44.6 Å². The molecule has 0 radical (unpaired) electrons. The molecule has 2 rings (SSSR count). The van der Waals surface area contributed by atoms with E-state index in [0.29, 0.717) is 19.0 Å². The molecule has 0 unspecified atom stereocenters. The Morgan fingerprint density at radius 2 is 1.52 bits per heavy atom.